The summed E-state index contributed by atoms with van der Waals surface area (Å²) in [6, 6.07) is 8.63. The lowest BCUT2D eigenvalue weighted by Crippen LogP contribution is -2.19. The van der Waals surface area contributed by atoms with Gasteiger partial charge >= 0.3 is 0 Å². The normalized spacial score (nSPS) is 23.8. The van der Waals surface area contributed by atoms with Crippen LogP contribution in [0.3, 0.4) is 0 Å². The molecule has 16 heavy (non-hydrogen) atoms. The molecule has 0 bridgehead atoms. The molecule has 2 nitrogen and oxygen atoms in total. The molecule has 0 fully saturated rings. The monoisotopic (exact) mass is 215 g/mol. The van der Waals surface area contributed by atoms with Crippen LogP contribution >= 0.6 is 0 Å². The zero-order valence-corrected chi connectivity index (χ0v) is 9.92. The lowest BCUT2D eigenvalue weighted by Gasteiger charge is -2.23. The summed E-state index contributed by atoms with van der Waals surface area (Å²) in [5.74, 6) is 1.00. The van der Waals surface area contributed by atoms with Gasteiger partial charge in [-0.15, -0.1) is 0 Å². The van der Waals surface area contributed by atoms with Gasteiger partial charge in [0.1, 0.15) is 5.75 Å². The van der Waals surface area contributed by atoms with Gasteiger partial charge < -0.3 is 4.74 Å². The number of hydrogen-bond donors (Lipinski definition) is 0. The second kappa shape index (κ2) is 4.17. The first kappa shape index (κ1) is 11.0. The summed E-state index contributed by atoms with van der Waals surface area (Å²) in [6.45, 7) is 4.96. The number of rotatable bonds is 1. The summed E-state index contributed by atoms with van der Waals surface area (Å²) < 4.78 is 5.76. The third kappa shape index (κ3) is 2.19. The summed E-state index contributed by atoms with van der Waals surface area (Å²) in [7, 11) is 0. The smallest absolute Gasteiger partial charge is 0.122 e. The Morgan fingerprint density at radius 1 is 1.50 bits per heavy atom. The van der Waals surface area contributed by atoms with Gasteiger partial charge in [-0.05, 0) is 42.4 Å². The van der Waals surface area contributed by atoms with E-state index in [0.29, 0.717) is 13.0 Å². The number of nitrogens with zero attached hydrogens (tertiary/aromatic N) is 1. The van der Waals surface area contributed by atoms with Gasteiger partial charge in [0, 0.05) is 6.42 Å². The Morgan fingerprint density at radius 3 is 3.06 bits per heavy atom. The maximum atomic E-state index is 8.88. The maximum Gasteiger partial charge on any atom is 0.122 e. The van der Waals surface area contributed by atoms with Crippen LogP contribution in [-0.4, -0.2) is 6.61 Å². The fourth-order valence-electron chi connectivity index (χ4n) is 2.24. The number of aryl methyl sites for hydroxylation is 1. The number of nitriles is 1. The van der Waals surface area contributed by atoms with Gasteiger partial charge in [-0.3, -0.25) is 0 Å². The van der Waals surface area contributed by atoms with Crippen LogP contribution in [0.5, 0.6) is 5.75 Å². The third-order valence-electron chi connectivity index (χ3n) is 3.31. The number of ether oxygens (including phenoxy) is 1. The molecule has 1 atom stereocenters. The van der Waals surface area contributed by atoms with Crippen LogP contribution < -0.4 is 4.74 Å². The summed E-state index contributed by atoms with van der Waals surface area (Å²) in [4.78, 5) is 0. The molecule has 1 heterocycles. The van der Waals surface area contributed by atoms with E-state index in [0.717, 1.165) is 18.6 Å². The number of fused-ring (bicyclic) bond motifs is 1. The van der Waals surface area contributed by atoms with Gasteiger partial charge in [0.25, 0.3) is 0 Å². The average molecular weight is 215 g/mol. The van der Waals surface area contributed by atoms with Gasteiger partial charge in [-0.2, -0.15) is 5.26 Å². The highest BCUT2D eigenvalue weighted by Gasteiger charge is 2.28. The molecule has 2 heteroatoms. The molecule has 1 aromatic rings. The van der Waals surface area contributed by atoms with E-state index in [4.69, 9.17) is 10.00 Å². The van der Waals surface area contributed by atoms with Crippen LogP contribution in [0.2, 0.25) is 0 Å². The average Bonchev–Trinajstić information content (AvgIpc) is 2.37. The molecule has 1 unspecified atom stereocenters. The van der Waals surface area contributed by atoms with Crippen molar-refractivity contribution in [1.82, 2.24) is 0 Å². The van der Waals surface area contributed by atoms with Crippen LogP contribution in [0.4, 0.5) is 0 Å². The van der Waals surface area contributed by atoms with Crippen molar-refractivity contribution in [2.45, 2.75) is 33.1 Å². The molecule has 0 saturated heterocycles. The van der Waals surface area contributed by atoms with Crippen molar-refractivity contribution in [2.24, 2.45) is 5.41 Å². The van der Waals surface area contributed by atoms with Crippen LogP contribution in [-0.2, 0) is 6.42 Å². The van der Waals surface area contributed by atoms with Crippen molar-refractivity contribution in [2.75, 3.05) is 6.61 Å². The van der Waals surface area contributed by atoms with E-state index in [2.05, 4.69) is 38.1 Å². The van der Waals surface area contributed by atoms with E-state index in [1.807, 2.05) is 0 Å². The molecule has 0 saturated carbocycles. The predicted molar refractivity (Wildman–Crippen MR) is 63.3 cm³/mol. The summed E-state index contributed by atoms with van der Waals surface area (Å²) in [5, 5.41) is 8.88. The predicted octanol–water partition coefficient (Wildman–Crippen LogP) is 3.24. The standard InChI is InChI=1S/C14H17NO/c1-11-3-4-12-10-14(2,5-7-15)6-8-16-13(12)9-11/h3-4,9H,5-6,8,10H2,1-2H3. The SMILES string of the molecule is Cc1ccc2c(c1)OCCC(C)(CC#N)C2. The van der Waals surface area contributed by atoms with Crippen molar-refractivity contribution in [3.8, 4) is 11.8 Å². The molecule has 1 aliphatic heterocycles. The topological polar surface area (TPSA) is 33.0 Å². The molecule has 0 amide bonds. The summed E-state index contributed by atoms with van der Waals surface area (Å²) >= 11 is 0. The van der Waals surface area contributed by atoms with Crippen molar-refractivity contribution >= 4 is 0 Å². The Morgan fingerprint density at radius 2 is 2.31 bits per heavy atom. The quantitative estimate of drug-likeness (QED) is 0.720. The Balaban J connectivity index is 2.31. The van der Waals surface area contributed by atoms with Crippen molar-refractivity contribution in [3.05, 3.63) is 29.3 Å². The molecule has 1 aromatic carbocycles. The molecule has 0 radical (unpaired) electrons. The molecule has 1 aliphatic rings. The van der Waals surface area contributed by atoms with Gasteiger partial charge in [0.2, 0.25) is 0 Å². The minimum Gasteiger partial charge on any atom is -0.493 e. The molecular weight excluding hydrogens is 198 g/mol. The van der Waals surface area contributed by atoms with E-state index >= 15 is 0 Å². The molecule has 0 spiro atoms. The first-order valence-electron chi connectivity index (χ1n) is 5.72. The van der Waals surface area contributed by atoms with E-state index in [1.165, 1.54) is 11.1 Å². The molecule has 0 aromatic heterocycles. The zero-order chi connectivity index (χ0) is 11.6. The highest BCUT2D eigenvalue weighted by Crippen LogP contribution is 2.37. The minimum atomic E-state index is 0.0647. The van der Waals surface area contributed by atoms with Crippen LogP contribution in [0, 0.1) is 23.7 Å². The Hall–Kier alpha value is -1.49. The van der Waals surface area contributed by atoms with Gasteiger partial charge in [0.05, 0.1) is 12.7 Å². The number of hydrogen-bond acceptors (Lipinski definition) is 2. The fraction of sp³-hybridized carbons (Fsp3) is 0.500. The van der Waals surface area contributed by atoms with E-state index in [9.17, 15) is 0 Å². The molecule has 84 valence electrons. The molecule has 2 rings (SSSR count). The maximum absolute atomic E-state index is 8.88. The lowest BCUT2D eigenvalue weighted by atomic mass is 9.79. The van der Waals surface area contributed by atoms with Crippen LogP contribution in [0.1, 0.15) is 30.9 Å². The summed E-state index contributed by atoms with van der Waals surface area (Å²) in [5.41, 5.74) is 2.53. The first-order chi connectivity index (χ1) is 7.63. The molecular formula is C14H17NO. The second-order valence-electron chi connectivity index (χ2n) is 5.03. The van der Waals surface area contributed by atoms with Gasteiger partial charge in [-0.25, -0.2) is 0 Å². The van der Waals surface area contributed by atoms with Crippen molar-refractivity contribution in [3.63, 3.8) is 0 Å². The zero-order valence-electron chi connectivity index (χ0n) is 9.92. The minimum absolute atomic E-state index is 0.0647. The van der Waals surface area contributed by atoms with Gasteiger partial charge in [-0.1, -0.05) is 19.1 Å². The third-order valence-corrected chi connectivity index (χ3v) is 3.31. The van der Waals surface area contributed by atoms with Crippen molar-refractivity contribution < 1.29 is 4.74 Å². The largest absolute Gasteiger partial charge is 0.493 e. The van der Waals surface area contributed by atoms with Gasteiger partial charge in [0.15, 0.2) is 0 Å². The van der Waals surface area contributed by atoms with E-state index in [1.54, 1.807) is 0 Å². The Bertz CT molecular complexity index is 433. The highest BCUT2D eigenvalue weighted by molar-refractivity contribution is 5.38. The van der Waals surface area contributed by atoms with Crippen molar-refractivity contribution in [1.29, 1.82) is 5.26 Å². The Kier molecular flexibility index (Phi) is 2.87. The fourth-order valence-corrected chi connectivity index (χ4v) is 2.24. The molecule has 0 aliphatic carbocycles. The molecule has 0 N–H and O–H groups in total. The lowest BCUT2D eigenvalue weighted by molar-refractivity contribution is 0.236. The summed E-state index contributed by atoms with van der Waals surface area (Å²) in [6.07, 6.45) is 2.49. The van der Waals surface area contributed by atoms with E-state index < -0.39 is 0 Å². The first-order valence-corrected chi connectivity index (χ1v) is 5.72. The van der Waals surface area contributed by atoms with E-state index in [-0.39, 0.29) is 5.41 Å². The Labute approximate surface area is 96.9 Å². The van der Waals surface area contributed by atoms with Crippen LogP contribution in [0.15, 0.2) is 18.2 Å². The number of benzene rings is 1. The highest BCUT2D eigenvalue weighted by atomic mass is 16.5. The second-order valence-corrected chi connectivity index (χ2v) is 5.03. The van der Waals surface area contributed by atoms with Crippen LogP contribution in [0.25, 0.3) is 0 Å².